The van der Waals surface area contributed by atoms with Gasteiger partial charge >= 0.3 is 5.97 Å². The van der Waals surface area contributed by atoms with Crippen LogP contribution in [-0.4, -0.2) is 65.2 Å². The molecule has 1 aromatic rings. The van der Waals surface area contributed by atoms with E-state index >= 15 is 0 Å². The van der Waals surface area contributed by atoms with Crippen LogP contribution >= 0.6 is 0 Å². The fourth-order valence-corrected chi connectivity index (χ4v) is 5.85. The maximum Gasteiger partial charge on any atom is 0.324 e. The van der Waals surface area contributed by atoms with Crippen LogP contribution < -0.4 is 4.74 Å². The molecule has 172 valence electrons. The van der Waals surface area contributed by atoms with Crippen LogP contribution in [0.15, 0.2) is 18.2 Å². The molecule has 31 heavy (non-hydrogen) atoms. The monoisotopic (exact) mass is 432 g/mol. The zero-order valence-corrected chi connectivity index (χ0v) is 18.8. The standard InChI is InChI=1S/C25H37FN2O3/c1-19-17-21(26)5-6-23(19)31-22-9-13-27(14-10-22)18-20-7-15-28(16-8-20)25(24(29)30)11-3-2-4-12-25/h5-6,17,20,22H,2-4,7-16,18H2,1H3,(H,29,30). The number of rotatable bonds is 6. The summed E-state index contributed by atoms with van der Waals surface area (Å²) in [5, 5.41) is 9.95. The quantitative estimate of drug-likeness (QED) is 0.718. The van der Waals surface area contributed by atoms with Crippen molar-refractivity contribution in [1.29, 1.82) is 0 Å². The molecule has 3 fully saturated rings. The number of aryl methyl sites for hydroxylation is 1. The second-order valence-corrected chi connectivity index (χ2v) is 9.86. The zero-order valence-electron chi connectivity index (χ0n) is 18.8. The molecule has 1 saturated carbocycles. The number of carboxylic acid groups (broad SMARTS) is 1. The van der Waals surface area contributed by atoms with Gasteiger partial charge in [0.2, 0.25) is 0 Å². The van der Waals surface area contributed by atoms with Crippen LogP contribution in [-0.2, 0) is 4.79 Å². The minimum atomic E-state index is -0.607. The number of likely N-dealkylation sites (tertiary alicyclic amines) is 2. The summed E-state index contributed by atoms with van der Waals surface area (Å²) in [6.45, 7) is 6.90. The van der Waals surface area contributed by atoms with Crippen LogP contribution in [0, 0.1) is 18.7 Å². The van der Waals surface area contributed by atoms with Crippen molar-refractivity contribution >= 4 is 5.97 Å². The molecule has 0 bridgehead atoms. The molecular weight excluding hydrogens is 395 g/mol. The van der Waals surface area contributed by atoms with Gasteiger partial charge in [-0.25, -0.2) is 4.39 Å². The summed E-state index contributed by atoms with van der Waals surface area (Å²) in [5.41, 5.74) is 0.253. The normalized spacial score (nSPS) is 24.2. The molecule has 6 heteroatoms. The molecule has 0 unspecified atom stereocenters. The number of ether oxygens (including phenoxy) is 1. The Kier molecular flexibility index (Phi) is 7.17. The molecule has 2 aliphatic heterocycles. The first-order valence-electron chi connectivity index (χ1n) is 12.1. The first-order valence-corrected chi connectivity index (χ1v) is 12.1. The highest BCUT2D eigenvalue weighted by molar-refractivity contribution is 5.79. The third-order valence-electron chi connectivity index (χ3n) is 7.78. The third-order valence-corrected chi connectivity index (χ3v) is 7.78. The Labute approximate surface area is 185 Å². The summed E-state index contributed by atoms with van der Waals surface area (Å²) in [6.07, 6.45) is 9.27. The van der Waals surface area contributed by atoms with Crippen molar-refractivity contribution in [2.75, 3.05) is 32.7 Å². The van der Waals surface area contributed by atoms with Gasteiger partial charge in [0.1, 0.15) is 23.2 Å². The summed E-state index contributed by atoms with van der Waals surface area (Å²) in [4.78, 5) is 16.9. The molecule has 2 saturated heterocycles. The van der Waals surface area contributed by atoms with E-state index in [1.165, 1.54) is 18.6 Å². The van der Waals surface area contributed by atoms with E-state index in [9.17, 15) is 14.3 Å². The smallest absolute Gasteiger partial charge is 0.324 e. The lowest BCUT2D eigenvalue weighted by Crippen LogP contribution is -2.58. The highest BCUT2D eigenvalue weighted by atomic mass is 19.1. The van der Waals surface area contributed by atoms with Crippen molar-refractivity contribution in [1.82, 2.24) is 9.80 Å². The number of piperidine rings is 2. The van der Waals surface area contributed by atoms with Crippen LogP contribution in [0.25, 0.3) is 0 Å². The molecule has 0 aromatic heterocycles. The van der Waals surface area contributed by atoms with Crippen LogP contribution in [0.5, 0.6) is 5.75 Å². The van der Waals surface area contributed by atoms with Crippen molar-refractivity contribution in [3.8, 4) is 5.75 Å². The number of halogens is 1. The van der Waals surface area contributed by atoms with Gasteiger partial charge in [-0.1, -0.05) is 19.3 Å². The van der Waals surface area contributed by atoms with E-state index in [1.807, 2.05) is 6.92 Å². The van der Waals surface area contributed by atoms with Crippen molar-refractivity contribution < 1.29 is 19.0 Å². The lowest BCUT2D eigenvalue weighted by atomic mass is 9.78. The predicted molar refractivity (Wildman–Crippen MR) is 119 cm³/mol. The first kappa shape index (κ1) is 22.5. The highest BCUT2D eigenvalue weighted by Crippen LogP contribution is 2.37. The van der Waals surface area contributed by atoms with Gasteiger partial charge in [-0.3, -0.25) is 9.69 Å². The topological polar surface area (TPSA) is 53.0 Å². The summed E-state index contributed by atoms with van der Waals surface area (Å²) in [7, 11) is 0. The van der Waals surface area contributed by atoms with E-state index < -0.39 is 11.5 Å². The molecule has 1 aromatic carbocycles. The van der Waals surface area contributed by atoms with Gasteiger partial charge in [-0.05, 0) is 88.2 Å². The Balaban J connectivity index is 1.22. The molecule has 1 N–H and O–H groups in total. The van der Waals surface area contributed by atoms with Gasteiger partial charge in [0.15, 0.2) is 0 Å². The van der Waals surface area contributed by atoms with E-state index in [0.29, 0.717) is 5.92 Å². The lowest BCUT2D eigenvalue weighted by molar-refractivity contribution is -0.155. The van der Waals surface area contributed by atoms with Crippen molar-refractivity contribution in [3.05, 3.63) is 29.6 Å². The van der Waals surface area contributed by atoms with Gasteiger partial charge < -0.3 is 14.7 Å². The Morgan fingerprint density at radius 2 is 1.77 bits per heavy atom. The molecule has 3 aliphatic rings. The molecule has 4 rings (SSSR count). The number of carboxylic acids is 1. The lowest BCUT2D eigenvalue weighted by Gasteiger charge is -2.47. The zero-order chi connectivity index (χ0) is 21.8. The van der Waals surface area contributed by atoms with Crippen LogP contribution in [0.1, 0.15) is 63.4 Å². The van der Waals surface area contributed by atoms with Gasteiger partial charge in [0.05, 0.1) is 0 Å². The molecule has 5 nitrogen and oxygen atoms in total. The predicted octanol–water partition coefficient (Wildman–Crippen LogP) is 4.48. The minimum Gasteiger partial charge on any atom is -0.490 e. The third kappa shape index (κ3) is 5.23. The molecule has 0 amide bonds. The Morgan fingerprint density at radius 1 is 1.10 bits per heavy atom. The summed E-state index contributed by atoms with van der Waals surface area (Å²) >= 11 is 0. The van der Waals surface area contributed by atoms with Gasteiger partial charge in [-0.15, -0.1) is 0 Å². The highest BCUT2D eigenvalue weighted by Gasteiger charge is 2.45. The molecule has 1 aliphatic carbocycles. The molecular formula is C25H37FN2O3. The molecule has 0 atom stereocenters. The van der Waals surface area contributed by atoms with Crippen LogP contribution in [0.3, 0.4) is 0 Å². The fraction of sp³-hybridized carbons (Fsp3) is 0.720. The Morgan fingerprint density at radius 3 is 2.39 bits per heavy atom. The second-order valence-electron chi connectivity index (χ2n) is 9.86. The Bertz CT molecular complexity index is 749. The number of aliphatic carboxylic acids is 1. The number of nitrogens with zero attached hydrogens (tertiary/aromatic N) is 2. The average molecular weight is 433 g/mol. The first-order chi connectivity index (χ1) is 15.0. The van der Waals surface area contributed by atoms with E-state index in [4.69, 9.17) is 4.74 Å². The number of benzene rings is 1. The van der Waals surface area contributed by atoms with E-state index in [2.05, 4.69) is 9.80 Å². The fourth-order valence-electron chi connectivity index (χ4n) is 5.85. The maximum atomic E-state index is 13.3. The average Bonchev–Trinajstić information content (AvgIpc) is 2.78. The maximum absolute atomic E-state index is 13.3. The van der Waals surface area contributed by atoms with Crippen molar-refractivity contribution in [2.45, 2.75) is 76.4 Å². The number of hydrogen-bond acceptors (Lipinski definition) is 4. The van der Waals surface area contributed by atoms with Crippen molar-refractivity contribution in [2.24, 2.45) is 5.92 Å². The summed E-state index contributed by atoms with van der Waals surface area (Å²) in [6, 6.07) is 4.73. The Hall–Kier alpha value is -1.66. The van der Waals surface area contributed by atoms with E-state index in [0.717, 1.165) is 95.4 Å². The number of hydrogen-bond donors (Lipinski definition) is 1. The van der Waals surface area contributed by atoms with Gasteiger partial charge in [0.25, 0.3) is 0 Å². The van der Waals surface area contributed by atoms with Crippen LogP contribution in [0.4, 0.5) is 4.39 Å². The number of carbonyl (C=O) groups is 1. The molecule has 2 heterocycles. The van der Waals surface area contributed by atoms with Crippen molar-refractivity contribution in [3.63, 3.8) is 0 Å². The SMILES string of the molecule is Cc1cc(F)ccc1OC1CCN(CC2CCN(C3(C(=O)O)CCCCC3)CC2)CC1. The molecule has 0 spiro atoms. The largest absolute Gasteiger partial charge is 0.490 e. The molecule has 0 radical (unpaired) electrons. The van der Waals surface area contributed by atoms with Crippen LogP contribution in [0.2, 0.25) is 0 Å². The minimum absolute atomic E-state index is 0.198. The van der Waals surface area contributed by atoms with Gasteiger partial charge in [0, 0.05) is 19.6 Å². The van der Waals surface area contributed by atoms with Gasteiger partial charge in [-0.2, -0.15) is 0 Å². The summed E-state index contributed by atoms with van der Waals surface area (Å²) in [5.74, 6) is 0.623. The second kappa shape index (κ2) is 9.86. The summed E-state index contributed by atoms with van der Waals surface area (Å²) < 4.78 is 19.4. The van der Waals surface area contributed by atoms with E-state index in [1.54, 1.807) is 6.07 Å². The van der Waals surface area contributed by atoms with E-state index in [-0.39, 0.29) is 11.9 Å².